The van der Waals surface area contributed by atoms with Crippen molar-refractivity contribution in [3.63, 3.8) is 0 Å². The van der Waals surface area contributed by atoms with Gasteiger partial charge >= 0.3 is 5.69 Å². The standard InChI is InChI=1S/C13H9N5O4/c19-12-3-1-9(5-11(12)18(20)21)13-4-2-10(22-13)6-16-17-7-14-15-8-17/h1-8,19H/b16-6-. The van der Waals surface area contributed by atoms with Gasteiger partial charge in [-0.25, -0.2) is 4.68 Å². The summed E-state index contributed by atoms with van der Waals surface area (Å²) in [4.78, 5) is 10.2. The van der Waals surface area contributed by atoms with Crippen LogP contribution in [0.15, 0.2) is 52.5 Å². The third-order valence-corrected chi connectivity index (χ3v) is 2.81. The first-order valence-electron chi connectivity index (χ1n) is 6.10. The maximum atomic E-state index is 10.8. The molecule has 9 nitrogen and oxygen atoms in total. The molecule has 110 valence electrons. The zero-order valence-electron chi connectivity index (χ0n) is 11.0. The molecule has 0 amide bonds. The lowest BCUT2D eigenvalue weighted by atomic mass is 10.1. The number of nitro groups is 1. The van der Waals surface area contributed by atoms with Crippen LogP contribution < -0.4 is 0 Å². The van der Waals surface area contributed by atoms with Crippen molar-refractivity contribution < 1.29 is 14.4 Å². The predicted molar refractivity (Wildman–Crippen MR) is 75.5 cm³/mol. The summed E-state index contributed by atoms with van der Waals surface area (Å²) in [7, 11) is 0. The van der Waals surface area contributed by atoms with Crippen LogP contribution in [0.25, 0.3) is 11.3 Å². The fourth-order valence-electron chi connectivity index (χ4n) is 1.78. The van der Waals surface area contributed by atoms with Gasteiger partial charge in [0.05, 0.1) is 11.1 Å². The molecule has 0 unspecified atom stereocenters. The number of rotatable bonds is 4. The topological polar surface area (TPSA) is 120 Å². The van der Waals surface area contributed by atoms with E-state index in [4.69, 9.17) is 4.42 Å². The van der Waals surface area contributed by atoms with Crippen LogP contribution >= 0.6 is 0 Å². The van der Waals surface area contributed by atoms with Gasteiger partial charge in [0, 0.05) is 11.6 Å². The Bertz CT molecular complexity index is 838. The fraction of sp³-hybridized carbons (Fsp3) is 0. The van der Waals surface area contributed by atoms with Gasteiger partial charge in [-0.3, -0.25) is 10.1 Å². The molecule has 1 N–H and O–H groups in total. The van der Waals surface area contributed by atoms with Crippen LogP contribution in [0.4, 0.5) is 5.69 Å². The van der Waals surface area contributed by atoms with E-state index in [1.165, 1.54) is 41.7 Å². The van der Waals surface area contributed by atoms with E-state index in [0.29, 0.717) is 17.1 Å². The highest BCUT2D eigenvalue weighted by atomic mass is 16.6. The summed E-state index contributed by atoms with van der Waals surface area (Å²) in [5, 5.41) is 31.5. The molecule has 3 rings (SSSR count). The van der Waals surface area contributed by atoms with E-state index in [2.05, 4.69) is 15.3 Å². The molecule has 0 radical (unpaired) electrons. The number of hydrogen-bond acceptors (Lipinski definition) is 7. The van der Waals surface area contributed by atoms with Crippen molar-refractivity contribution >= 4 is 11.9 Å². The van der Waals surface area contributed by atoms with E-state index in [0.717, 1.165) is 0 Å². The smallest absolute Gasteiger partial charge is 0.311 e. The van der Waals surface area contributed by atoms with Gasteiger partial charge < -0.3 is 9.52 Å². The Kier molecular flexibility index (Phi) is 3.36. The molecule has 0 bridgehead atoms. The third kappa shape index (κ3) is 2.68. The molecule has 1 aromatic carbocycles. The van der Waals surface area contributed by atoms with Crippen molar-refractivity contribution in [1.29, 1.82) is 0 Å². The highest BCUT2D eigenvalue weighted by Crippen LogP contribution is 2.31. The molecule has 0 aliphatic rings. The van der Waals surface area contributed by atoms with Crippen LogP contribution in [-0.2, 0) is 0 Å². The summed E-state index contributed by atoms with van der Waals surface area (Å²) in [6.45, 7) is 0. The minimum Gasteiger partial charge on any atom is -0.502 e. The van der Waals surface area contributed by atoms with E-state index in [1.807, 2.05) is 0 Å². The van der Waals surface area contributed by atoms with Crippen LogP contribution in [0.1, 0.15) is 5.76 Å². The summed E-state index contributed by atoms with van der Waals surface area (Å²) in [5.41, 5.74) is 0.0991. The summed E-state index contributed by atoms with van der Waals surface area (Å²) in [6, 6.07) is 7.35. The van der Waals surface area contributed by atoms with Crippen LogP contribution in [0, 0.1) is 10.1 Å². The number of furan rings is 1. The number of phenols is 1. The third-order valence-electron chi connectivity index (χ3n) is 2.81. The zero-order valence-corrected chi connectivity index (χ0v) is 11.0. The average molecular weight is 299 g/mol. The number of benzene rings is 1. The molecule has 0 atom stereocenters. The molecule has 3 aromatic rings. The molecule has 0 saturated heterocycles. The largest absolute Gasteiger partial charge is 0.502 e. The molecule has 0 fully saturated rings. The second-order valence-corrected chi connectivity index (χ2v) is 4.25. The lowest BCUT2D eigenvalue weighted by Crippen LogP contribution is -1.89. The number of nitro benzene ring substituents is 1. The van der Waals surface area contributed by atoms with Crippen LogP contribution in [0.5, 0.6) is 5.75 Å². The molecular weight excluding hydrogens is 290 g/mol. The number of aromatic hydroxyl groups is 1. The van der Waals surface area contributed by atoms with E-state index < -0.39 is 10.7 Å². The SMILES string of the molecule is O=[N+]([O-])c1cc(-c2ccc(/C=N\n3cnnc3)o2)ccc1O. The first-order chi connectivity index (χ1) is 10.6. The average Bonchev–Trinajstić information content (AvgIpc) is 3.17. The Hall–Kier alpha value is -3.49. The molecule has 9 heteroatoms. The quantitative estimate of drug-likeness (QED) is 0.447. The molecule has 0 spiro atoms. The first-order valence-corrected chi connectivity index (χ1v) is 6.10. The second-order valence-electron chi connectivity index (χ2n) is 4.25. The van der Waals surface area contributed by atoms with Crippen molar-refractivity contribution in [3.8, 4) is 17.1 Å². The Morgan fingerprint density at radius 2 is 2.05 bits per heavy atom. The molecule has 2 heterocycles. The molecule has 22 heavy (non-hydrogen) atoms. The van der Waals surface area contributed by atoms with Crippen LogP contribution in [0.3, 0.4) is 0 Å². The Labute approximate surface area is 123 Å². The van der Waals surface area contributed by atoms with Gasteiger partial charge in [0.15, 0.2) is 5.75 Å². The van der Waals surface area contributed by atoms with Gasteiger partial charge in [0.1, 0.15) is 24.2 Å². The Morgan fingerprint density at radius 1 is 1.27 bits per heavy atom. The summed E-state index contributed by atoms with van der Waals surface area (Å²) in [5.74, 6) is 0.488. The number of phenolic OH excluding ortho intramolecular Hbond substituents is 1. The maximum absolute atomic E-state index is 10.8. The van der Waals surface area contributed by atoms with Crippen molar-refractivity contribution in [1.82, 2.24) is 14.9 Å². The van der Waals surface area contributed by atoms with Crippen LogP contribution in [-0.4, -0.2) is 31.1 Å². The van der Waals surface area contributed by atoms with E-state index in [9.17, 15) is 15.2 Å². The minimum absolute atomic E-state index is 0.381. The van der Waals surface area contributed by atoms with Gasteiger partial charge in [0.25, 0.3) is 0 Å². The minimum atomic E-state index is -0.657. The van der Waals surface area contributed by atoms with Gasteiger partial charge in [-0.15, -0.1) is 10.2 Å². The predicted octanol–water partition coefficient (Wildman–Crippen LogP) is 2.03. The Morgan fingerprint density at radius 3 is 2.77 bits per heavy atom. The highest BCUT2D eigenvalue weighted by Gasteiger charge is 2.15. The van der Waals surface area contributed by atoms with Crippen LogP contribution in [0.2, 0.25) is 0 Å². The Balaban J connectivity index is 1.87. The molecule has 0 saturated carbocycles. The van der Waals surface area contributed by atoms with Gasteiger partial charge in [0.2, 0.25) is 0 Å². The normalized spacial score (nSPS) is 11.1. The monoisotopic (exact) mass is 299 g/mol. The first kappa shape index (κ1) is 13.5. The molecule has 0 aliphatic heterocycles. The zero-order chi connectivity index (χ0) is 15.5. The molecule has 0 aliphatic carbocycles. The van der Waals surface area contributed by atoms with E-state index in [1.54, 1.807) is 12.1 Å². The number of aromatic nitrogens is 3. The fourth-order valence-corrected chi connectivity index (χ4v) is 1.78. The van der Waals surface area contributed by atoms with E-state index in [-0.39, 0.29) is 5.69 Å². The lowest BCUT2D eigenvalue weighted by molar-refractivity contribution is -0.385. The number of hydrogen-bond donors (Lipinski definition) is 1. The van der Waals surface area contributed by atoms with Crippen molar-refractivity contribution in [2.75, 3.05) is 0 Å². The van der Waals surface area contributed by atoms with Crippen molar-refractivity contribution in [3.05, 3.63) is 58.9 Å². The van der Waals surface area contributed by atoms with E-state index >= 15 is 0 Å². The summed E-state index contributed by atoms with van der Waals surface area (Å²) >= 11 is 0. The summed E-state index contributed by atoms with van der Waals surface area (Å²) < 4.78 is 6.93. The van der Waals surface area contributed by atoms with Crippen molar-refractivity contribution in [2.24, 2.45) is 5.10 Å². The highest BCUT2D eigenvalue weighted by molar-refractivity contribution is 5.77. The van der Waals surface area contributed by atoms with Gasteiger partial charge in [-0.1, -0.05) is 0 Å². The van der Waals surface area contributed by atoms with Crippen molar-refractivity contribution in [2.45, 2.75) is 0 Å². The number of nitrogens with zero attached hydrogens (tertiary/aromatic N) is 5. The summed E-state index contributed by atoms with van der Waals surface area (Å²) in [6.07, 6.45) is 4.30. The van der Waals surface area contributed by atoms with Gasteiger partial charge in [-0.2, -0.15) is 5.10 Å². The maximum Gasteiger partial charge on any atom is 0.311 e. The van der Waals surface area contributed by atoms with Gasteiger partial charge in [-0.05, 0) is 24.3 Å². The second kappa shape index (κ2) is 5.48. The lowest BCUT2D eigenvalue weighted by Gasteiger charge is -1.99. The molecule has 2 aromatic heterocycles. The molecular formula is C13H9N5O4.